The second kappa shape index (κ2) is 3.63. The number of nitrogens with one attached hydrogen (secondary N) is 2. The molecule has 2 unspecified atom stereocenters. The van der Waals surface area contributed by atoms with Crippen LogP contribution in [0.2, 0.25) is 0 Å². The second-order valence-corrected chi connectivity index (χ2v) is 8.30. The Morgan fingerprint density at radius 3 is 2.53 bits per heavy atom. The highest BCUT2D eigenvalue weighted by Gasteiger charge is 2.59. The molecule has 1 aromatic rings. The molecule has 2 N–H and O–H groups in total. The molecule has 4 bridgehead atoms. The van der Waals surface area contributed by atoms with Gasteiger partial charge in [-0.2, -0.15) is 0 Å². The molecule has 0 radical (unpaired) electrons. The van der Waals surface area contributed by atoms with Gasteiger partial charge in [0.15, 0.2) is 0 Å². The molecule has 0 saturated heterocycles. The van der Waals surface area contributed by atoms with Crippen molar-refractivity contribution in [1.82, 2.24) is 15.3 Å². The van der Waals surface area contributed by atoms with E-state index >= 15 is 0 Å². The zero-order valence-electron chi connectivity index (χ0n) is 12.1. The molecule has 4 aliphatic rings. The van der Waals surface area contributed by atoms with Crippen molar-refractivity contribution in [3.8, 4) is 0 Å². The summed E-state index contributed by atoms with van der Waals surface area (Å²) in [5.74, 6) is 2.03. The SMILES string of the molecule is CC12CC3CC(C)(C1)CC(NCc1ncc[nH]1)(C3)C2. The molecule has 5 rings (SSSR count). The van der Waals surface area contributed by atoms with Gasteiger partial charge in [-0.05, 0) is 55.3 Å². The maximum atomic E-state index is 4.35. The summed E-state index contributed by atoms with van der Waals surface area (Å²) >= 11 is 0. The standard InChI is InChI=1S/C16H25N3/c1-14-5-12-6-15(2,9-14)11-16(7-12,10-14)19-8-13-17-3-4-18-13/h3-4,12,19H,5-11H2,1-2H3,(H,17,18). The van der Waals surface area contributed by atoms with Crippen LogP contribution in [0.1, 0.15) is 58.2 Å². The monoisotopic (exact) mass is 259 g/mol. The molecule has 3 heteroatoms. The van der Waals surface area contributed by atoms with E-state index < -0.39 is 0 Å². The molecule has 3 nitrogen and oxygen atoms in total. The smallest absolute Gasteiger partial charge is 0.120 e. The predicted octanol–water partition coefficient (Wildman–Crippen LogP) is 3.25. The first-order valence-electron chi connectivity index (χ1n) is 7.72. The van der Waals surface area contributed by atoms with Gasteiger partial charge < -0.3 is 10.3 Å². The predicted molar refractivity (Wildman–Crippen MR) is 75.6 cm³/mol. The molecule has 0 aromatic carbocycles. The highest BCUT2D eigenvalue weighted by Crippen LogP contribution is 2.66. The molecule has 0 amide bonds. The van der Waals surface area contributed by atoms with Crippen LogP contribution in [0.4, 0.5) is 0 Å². The molecule has 0 aliphatic heterocycles. The van der Waals surface area contributed by atoms with Crippen molar-refractivity contribution in [3.05, 3.63) is 18.2 Å². The first-order valence-corrected chi connectivity index (χ1v) is 7.72. The fourth-order valence-corrected chi connectivity index (χ4v) is 6.31. The van der Waals surface area contributed by atoms with Crippen LogP contribution in [-0.2, 0) is 6.54 Å². The maximum absolute atomic E-state index is 4.35. The summed E-state index contributed by atoms with van der Waals surface area (Å²) in [5.41, 5.74) is 1.56. The van der Waals surface area contributed by atoms with E-state index in [-0.39, 0.29) is 0 Å². The lowest BCUT2D eigenvalue weighted by molar-refractivity contribution is -0.118. The van der Waals surface area contributed by atoms with Crippen LogP contribution in [0.15, 0.2) is 12.4 Å². The molecule has 0 spiro atoms. The van der Waals surface area contributed by atoms with Crippen molar-refractivity contribution < 1.29 is 0 Å². The van der Waals surface area contributed by atoms with E-state index in [1.165, 1.54) is 38.5 Å². The molecule has 4 saturated carbocycles. The first kappa shape index (κ1) is 12.0. The Morgan fingerprint density at radius 2 is 1.95 bits per heavy atom. The lowest BCUT2D eigenvalue weighted by Crippen LogP contribution is -2.63. The molecular weight excluding hydrogens is 234 g/mol. The average Bonchev–Trinajstić information content (AvgIpc) is 2.73. The summed E-state index contributed by atoms with van der Waals surface area (Å²) in [5, 5.41) is 3.89. The van der Waals surface area contributed by atoms with Crippen LogP contribution in [-0.4, -0.2) is 15.5 Å². The number of aromatic amines is 1. The Morgan fingerprint density at radius 1 is 1.21 bits per heavy atom. The Hall–Kier alpha value is -0.830. The molecule has 4 aliphatic carbocycles. The number of imidazole rings is 1. The molecule has 1 aromatic heterocycles. The van der Waals surface area contributed by atoms with E-state index in [4.69, 9.17) is 0 Å². The third-order valence-electron chi connectivity index (χ3n) is 5.81. The fraction of sp³-hybridized carbons (Fsp3) is 0.812. The molecule has 19 heavy (non-hydrogen) atoms. The summed E-state index contributed by atoms with van der Waals surface area (Å²) in [6.45, 7) is 5.95. The highest BCUT2D eigenvalue weighted by molar-refractivity contribution is 5.14. The van der Waals surface area contributed by atoms with E-state index in [0.29, 0.717) is 16.4 Å². The molecule has 1 heterocycles. The van der Waals surface area contributed by atoms with Gasteiger partial charge >= 0.3 is 0 Å². The summed E-state index contributed by atoms with van der Waals surface area (Å²) in [4.78, 5) is 7.57. The van der Waals surface area contributed by atoms with Crippen LogP contribution in [0.3, 0.4) is 0 Å². The number of rotatable bonds is 3. The van der Waals surface area contributed by atoms with Crippen molar-refractivity contribution in [3.63, 3.8) is 0 Å². The highest BCUT2D eigenvalue weighted by atomic mass is 15.0. The molecule has 2 atom stereocenters. The third kappa shape index (κ3) is 1.94. The number of hydrogen-bond acceptors (Lipinski definition) is 2. The summed E-state index contributed by atoms with van der Waals surface area (Å²) < 4.78 is 0. The van der Waals surface area contributed by atoms with Crippen LogP contribution >= 0.6 is 0 Å². The third-order valence-corrected chi connectivity index (χ3v) is 5.81. The summed E-state index contributed by atoms with van der Waals surface area (Å²) in [7, 11) is 0. The van der Waals surface area contributed by atoms with Gasteiger partial charge in [0.2, 0.25) is 0 Å². The average molecular weight is 259 g/mol. The van der Waals surface area contributed by atoms with Crippen LogP contribution in [0.25, 0.3) is 0 Å². The summed E-state index contributed by atoms with van der Waals surface area (Å²) in [6.07, 6.45) is 12.3. The van der Waals surface area contributed by atoms with Crippen molar-refractivity contribution in [2.24, 2.45) is 16.7 Å². The Kier molecular flexibility index (Phi) is 2.28. The largest absolute Gasteiger partial charge is 0.348 e. The van der Waals surface area contributed by atoms with E-state index in [2.05, 4.69) is 29.1 Å². The quantitative estimate of drug-likeness (QED) is 0.875. The lowest BCUT2D eigenvalue weighted by atomic mass is 9.43. The van der Waals surface area contributed by atoms with E-state index in [1.54, 1.807) is 0 Å². The van der Waals surface area contributed by atoms with Gasteiger partial charge in [0.05, 0.1) is 6.54 Å². The minimum atomic E-state index is 0.385. The van der Waals surface area contributed by atoms with Crippen molar-refractivity contribution in [2.45, 2.75) is 64.5 Å². The Bertz CT molecular complexity index is 460. The van der Waals surface area contributed by atoms with Gasteiger partial charge in [0.25, 0.3) is 0 Å². The van der Waals surface area contributed by atoms with E-state index in [1.807, 2.05) is 12.4 Å². The first-order chi connectivity index (χ1) is 8.99. The van der Waals surface area contributed by atoms with Gasteiger partial charge in [-0.1, -0.05) is 13.8 Å². The number of hydrogen-bond donors (Lipinski definition) is 2. The van der Waals surface area contributed by atoms with Gasteiger partial charge in [-0.3, -0.25) is 0 Å². The van der Waals surface area contributed by atoms with Gasteiger partial charge in [-0.25, -0.2) is 4.98 Å². The minimum absolute atomic E-state index is 0.385. The molecular formula is C16H25N3. The van der Waals surface area contributed by atoms with E-state index in [9.17, 15) is 0 Å². The minimum Gasteiger partial charge on any atom is -0.348 e. The zero-order valence-corrected chi connectivity index (χ0v) is 12.1. The van der Waals surface area contributed by atoms with Crippen molar-refractivity contribution in [2.75, 3.05) is 0 Å². The van der Waals surface area contributed by atoms with Crippen molar-refractivity contribution >= 4 is 0 Å². The maximum Gasteiger partial charge on any atom is 0.120 e. The molecule has 104 valence electrons. The van der Waals surface area contributed by atoms with Gasteiger partial charge in [0, 0.05) is 17.9 Å². The normalized spacial score (nSPS) is 47.8. The second-order valence-electron chi connectivity index (χ2n) is 8.30. The number of aromatic nitrogens is 2. The Labute approximate surface area is 115 Å². The van der Waals surface area contributed by atoms with Crippen LogP contribution in [0, 0.1) is 16.7 Å². The van der Waals surface area contributed by atoms with Gasteiger partial charge in [-0.15, -0.1) is 0 Å². The molecule has 4 fully saturated rings. The van der Waals surface area contributed by atoms with Gasteiger partial charge in [0.1, 0.15) is 5.82 Å². The lowest BCUT2D eigenvalue weighted by Gasteiger charge is -2.65. The number of H-pyrrole nitrogens is 1. The summed E-state index contributed by atoms with van der Waals surface area (Å²) in [6, 6.07) is 0. The fourth-order valence-electron chi connectivity index (χ4n) is 6.31. The topological polar surface area (TPSA) is 40.7 Å². The number of nitrogens with zero attached hydrogens (tertiary/aromatic N) is 1. The Balaban J connectivity index is 1.57. The van der Waals surface area contributed by atoms with Crippen LogP contribution < -0.4 is 5.32 Å². The zero-order chi connectivity index (χ0) is 13.1. The van der Waals surface area contributed by atoms with Crippen molar-refractivity contribution in [1.29, 1.82) is 0 Å². The van der Waals surface area contributed by atoms with Crippen LogP contribution in [0.5, 0.6) is 0 Å². The van der Waals surface area contributed by atoms with E-state index in [0.717, 1.165) is 18.3 Å².